The highest BCUT2D eigenvalue weighted by molar-refractivity contribution is 7.91. The molecule has 0 saturated carbocycles. The number of urea groups is 1. The molecule has 2 N–H and O–H groups in total. The molecular weight excluding hydrogens is 316 g/mol. The SMILES string of the molecule is CCS(=O)(=O)c1ccc(Oc2ccc(NC(=O)NC)cc2)cc1. The Hall–Kier alpha value is -2.54. The number of sulfone groups is 1. The van der Waals surface area contributed by atoms with Gasteiger partial charge >= 0.3 is 6.03 Å². The van der Waals surface area contributed by atoms with Crippen molar-refractivity contribution in [3.63, 3.8) is 0 Å². The number of amides is 2. The Morgan fingerprint density at radius 3 is 2.00 bits per heavy atom. The molecule has 6 nitrogen and oxygen atoms in total. The van der Waals surface area contributed by atoms with Gasteiger partial charge in [-0.1, -0.05) is 6.92 Å². The van der Waals surface area contributed by atoms with Gasteiger partial charge in [-0.25, -0.2) is 13.2 Å². The third kappa shape index (κ3) is 4.46. The summed E-state index contributed by atoms with van der Waals surface area (Å²) in [5.41, 5.74) is 0.640. The van der Waals surface area contributed by atoms with Crippen LogP contribution < -0.4 is 15.4 Å². The number of carbonyl (C=O) groups excluding carboxylic acids is 1. The molecule has 0 heterocycles. The number of nitrogens with one attached hydrogen (secondary N) is 2. The van der Waals surface area contributed by atoms with Gasteiger partial charge in [-0.2, -0.15) is 0 Å². The fourth-order valence-corrected chi connectivity index (χ4v) is 2.70. The Bertz CT molecular complexity index is 769. The molecule has 0 unspecified atom stereocenters. The number of carbonyl (C=O) groups is 1. The monoisotopic (exact) mass is 334 g/mol. The first kappa shape index (κ1) is 16.8. The van der Waals surface area contributed by atoms with Gasteiger partial charge in [-0.05, 0) is 48.5 Å². The minimum Gasteiger partial charge on any atom is -0.457 e. The van der Waals surface area contributed by atoms with E-state index in [0.29, 0.717) is 17.2 Å². The summed E-state index contributed by atoms with van der Waals surface area (Å²) in [6.45, 7) is 1.61. The molecule has 0 aliphatic carbocycles. The van der Waals surface area contributed by atoms with Gasteiger partial charge in [-0.3, -0.25) is 0 Å². The van der Waals surface area contributed by atoms with Gasteiger partial charge in [0.25, 0.3) is 0 Å². The summed E-state index contributed by atoms with van der Waals surface area (Å²) >= 11 is 0. The first-order valence-electron chi connectivity index (χ1n) is 7.04. The highest BCUT2D eigenvalue weighted by Crippen LogP contribution is 2.24. The molecule has 2 aromatic rings. The Labute approximate surface area is 135 Å². The Balaban J connectivity index is 2.06. The van der Waals surface area contributed by atoms with Gasteiger partial charge in [0.1, 0.15) is 11.5 Å². The third-order valence-corrected chi connectivity index (χ3v) is 4.89. The number of rotatable bonds is 5. The normalized spacial score (nSPS) is 10.9. The van der Waals surface area contributed by atoms with Crippen molar-refractivity contribution in [3.8, 4) is 11.5 Å². The molecule has 7 heteroatoms. The highest BCUT2D eigenvalue weighted by atomic mass is 32.2. The van der Waals surface area contributed by atoms with Crippen molar-refractivity contribution >= 4 is 21.6 Å². The lowest BCUT2D eigenvalue weighted by Crippen LogP contribution is -2.24. The maximum absolute atomic E-state index is 11.7. The second kappa shape index (κ2) is 7.15. The summed E-state index contributed by atoms with van der Waals surface area (Å²) in [6.07, 6.45) is 0. The fraction of sp³-hybridized carbons (Fsp3) is 0.188. The quantitative estimate of drug-likeness (QED) is 0.880. The molecule has 0 bridgehead atoms. The summed E-state index contributed by atoms with van der Waals surface area (Å²) < 4.78 is 29.1. The van der Waals surface area contributed by atoms with Gasteiger partial charge in [0.2, 0.25) is 0 Å². The molecule has 0 saturated heterocycles. The number of anilines is 1. The van der Waals surface area contributed by atoms with E-state index in [0.717, 1.165) is 0 Å². The molecule has 122 valence electrons. The molecule has 0 spiro atoms. The zero-order valence-electron chi connectivity index (χ0n) is 12.9. The lowest BCUT2D eigenvalue weighted by atomic mass is 10.3. The predicted molar refractivity (Wildman–Crippen MR) is 88.8 cm³/mol. The van der Waals surface area contributed by atoms with Crippen molar-refractivity contribution in [2.45, 2.75) is 11.8 Å². The third-order valence-electron chi connectivity index (χ3n) is 3.14. The van der Waals surface area contributed by atoms with Crippen LogP contribution in [0, 0.1) is 0 Å². The largest absolute Gasteiger partial charge is 0.457 e. The maximum atomic E-state index is 11.7. The van der Waals surface area contributed by atoms with Crippen LogP contribution in [0.3, 0.4) is 0 Å². The van der Waals surface area contributed by atoms with Crippen molar-refractivity contribution in [1.29, 1.82) is 0 Å². The number of hydrogen-bond donors (Lipinski definition) is 2. The van der Waals surface area contributed by atoms with Crippen molar-refractivity contribution in [2.24, 2.45) is 0 Å². The molecule has 0 fully saturated rings. The lowest BCUT2D eigenvalue weighted by molar-refractivity contribution is 0.254. The van der Waals surface area contributed by atoms with Crippen LogP contribution in [0.25, 0.3) is 0 Å². The topological polar surface area (TPSA) is 84.5 Å². The van der Waals surface area contributed by atoms with Crippen molar-refractivity contribution in [1.82, 2.24) is 5.32 Å². The highest BCUT2D eigenvalue weighted by Gasteiger charge is 2.11. The smallest absolute Gasteiger partial charge is 0.318 e. The zero-order valence-corrected chi connectivity index (χ0v) is 13.7. The lowest BCUT2D eigenvalue weighted by Gasteiger charge is -2.08. The van der Waals surface area contributed by atoms with E-state index in [-0.39, 0.29) is 16.7 Å². The van der Waals surface area contributed by atoms with Crippen LogP contribution >= 0.6 is 0 Å². The van der Waals surface area contributed by atoms with E-state index in [1.807, 2.05) is 0 Å². The summed E-state index contributed by atoms with van der Waals surface area (Å²) in [7, 11) is -1.67. The molecule has 2 rings (SSSR count). The van der Waals surface area contributed by atoms with E-state index >= 15 is 0 Å². The van der Waals surface area contributed by atoms with Crippen LogP contribution in [0.5, 0.6) is 11.5 Å². The minimum absolute atomic E-state index is 0.0625. The average molecular weight is 334 g/mol. The van der Waals surface area contributed by atoms with Gasteiger partial charge in [0, 0.05) is 12.7 Å². The van der Waals surface area contributed by atoms with Crippen LogP contribution in [0.4, 0.5) is 10.5 Å². The number of benzene rings is 2. The molecule has 0 aliphatic heterocycles. The summed E-state index contributed by atoms with van der Waals surface area (Å²) in [4.78, 5) is 11.5. The minimum atomic E-state index is -3.21. The number of ether oxygens (including phenoxy) is 1. The Morgan fingerprint density at radius 1 is 1.00 bits per heavy atom. The van der Waals surface area contributed by atoms with Crippen LogP contribution in [0.2, 0.25) is 0 Å². The molecule has 23 heavy (non-hydrogen) atoms. The second-order valence-corrected chi connectivity index (χ2v) is 6.98. The Kier molecular flexibility index (Phi) is 5.23. The van der Waals surface area contributed by atoms with Crippen molar-refractivity contribution < 1.29 is 17.9 Å². The second-order valence-electron chi connectivity index (χ2n) is 4.71. The summed E-state index contributed by atoms with van der Waals surface area (Å²) in [6, 6.07) is 12.8. The first-order valence-corrected chi connectivity index (χ1v) is 8.69. The zero-order chi connectivity index (χ0) is 16.9. The molecule has 0 radical (unpaired) electrons. The van der Waals surface area contributed by atoms with Gasteiger partial charge in [0.15, 0.2) is 9.84 Å². The van der Waals surface area contributed by atoms with E-state index in [4.69, 9.17) is 4.74 Å². The summed E-state index contributed by atoms with van der Waals surface area (Å²) in [5, 5.41) is 5.10. The molecule has 2 aromatic carbocycles. The first-order chi connectivity index (χ1) is 10.9. The fourth-order valence-electron chi connectivity index (χ4n) is 1.82. The van der Waals surface area contributed by atoms with Crippen LogP contribution in [-0.2, 0) is 9.84 Å². The van der Waals surface area contributed by atoms with E-state index in [9.17, 15) is 13.2 Å². The van der Waals surface area contributed by atoms with E-state index in [2.05, 4.69) is 10.6 Å². The van der Waals surface area contributed by atoms with E-state index < -0.39 is 9.84 Å². The molecular formula is C16H18N2O4S. The van der Waals surface area contributed by atoms with Gasteiger partial charge in [-0.15, -0.1) is 0 Å². The number of hydrogen-bond acceptors (Lipinski definition) is 4. The van der Waals surface area contributed by atoms with Crippen LogP contribution in [-0.4, -0.2) is 27.2 Å². The van der Waals surface area contributed by atoms with E-state index in [1.165, 1.54) is 19.2 Å². The molecule has 0 aliphatic rings. The van der Waals surface area contributed by atoms with Crippen LogP contribution in [0.1, 0.15) is 6.92 Å². The van der Waals surface area contributed by atoms with Gasteiger partial charge < -0.3 is 15.4 Å². The van der Waals surface area contributed by atoms with Crippen molar-refractivity contribution in [2.75, 3.05) is 18.1 Å². The summed E-state index contributed by atoms with van der Waals surface area (Å²) in [5.74, 6) is 1.18. The van der Waals surface area contributed by atoms with Crippen molar-refractivity contribution in [3.05, 3.63) is 48.5 Å². The standard InChI is InChI=1S/C16H18N2O4S/c1-3-23(20,21)15-10-8-14(9-11-15)22-13-6-4-12(5-7-13)18-16(19)17-2/h4-11H,3H2,1-2H3,(H2,17,18,19). The molecule has 0 atom stereocenters. The molecule has 0 aromatic heterocycles. The van der Waals surface area contributed by atoms with Gasteiger partial charge in [0.05, 0.1) is 10.6 Å². The maximum Gasteiger partial charge on any atom is 0.318 e. The average Bonchev–Trinajstić information content (AvgIpc) is 2.57. The Morgan fingerprint density at radius 2 is 1.52 bits per heavy atom. The van der Waals surface area contributed by atoms with Crippen LogP contribution in [0.15, 0.2) is 53.4 Å². The predicted octanol–water partition coefficient (Wildman–Crippen LogP) is 3.02. The molecule has 2 amide bonds. The van der Waals surface area contributed by atoms with E-state index in [1.54, 1.807) is 43.3 Å².